The molecule has 0 N–H and O–H groups in total. The lowest BCUT2D eigenvalue weighted by atomic mass is 10.1. The quantitative estimate of drug-likeness (QED) is 0.310. The molecule has 0 saturated carbocycles. The van der Waals surface area contributed by atoms with Gasteiger partial charge in [-0.3, -0.25) is 8.98 Å². The maximum atomic E-state index is 12.2. The predicted octanol–water partition coefficient (Wildman–Crippen LogP) is 4.38. The summed E-state index contributed by atoms with van der Waals surface area (Å²) >= 11 is 0. The van der Waals surface area contributed by atoms with Crippen molar-refractivity contribution < 1.29 is 22.1 Å². The number of carbonyl (C=O) groups excluding carboxylic acids is 1. The van der Waals surface area contributed by atoms with Crippen molar-refractivity contribution in [3.63, 3.8) is 0 Å². The number of benzene rings is 1. The van der Waals surface area contributed by atoms with Gasteiger partial charge in [-0.15, -0.1) is 0 Å². The molecule has 0 fully saturated rings. The van der Waals surface area contributed by atoms with E-state index in [4.69, 9.17) is 8.92 Å². The molecule has 1 aromatic rings. The van der Waals surface area contributed by atoms with Crippen LogP contribution >= 0.6 is 0 Å². The molecule has 0 heterocycles. The molecule has 0 aliphatic carbocycles. The van der Waals surface area contributed by atoms with E-state index in [0.29, 0.717) is 6.42 Å². The van der Waals surface area contributed by atoms with Crippen LogP contribution in [0.5, 0.6) is 0 Å². The fourth-order valence-electron chi connectivity index (χ4n) is 2.50. The fourth-order valence-corrected chi connectivity index (χ4v) is 3.44. The van der Waals surface area contributed by atoms with Gasteiger partial charge in [0.1, 0.15) is 12.7 Å². The molecular weight excluding hydrogens is 340 g/mol. The highest BCUT2D eigenvalue weighted by Gasteiger charge is 2.20. The highest BCUT2D eigenvalue weighted by Crippen LogP contribution is 2.16. The molecule has 0 aliphatic heterocycles. The topological polar surface area (TPSA) is 69.7 Å². The Labute approximate surface area is 151 Å². The molecule has 5 nitrogen and oxygen atoms in total. The van der Waals surface area contributed by atoms with E-state index < -0.39 is 22.2 Å². The largest absolute Gasteiger partial charge is 0.460 e. The lowest BCUT2D eigenvalue weighted by Gasteiger charge is -2.17. The number of rotatable bonds is 12. The van der Waals surface area contributed by atoms with E-state index in [-0.39, 0.29) is 11.5 Å². The Morgan fingerprint density at radius 2 is 1.64 bits per heavy atom. The van der Waals surface area contributed by atoms with E-state index in [9.17, 15) is 13.2 Å². The number of aryl methyl sites for hydroxylation is 1. The van der Waals surface area contributed by atoms with Gasteiger partial charge in [0.05, 0.1) is 4.90 Å². The Morgan fingerprint density at radius 1 is 1.04 bits per heavy atom. The van der Waals surface area contributed by atoms with E-state index in [1.165, 1.54) is 38.3 Å². The summed E-state index contributed by atoms with van der Waals surface area (Å²) in [5, 5.41) is 0. The molecule has 0 unspecified atom stereocenters. The van der Waals surface area contributed by atoms with Gasteiger partial charge in [0.25, 0.3) is 10.1 Å². The van der Waals surface area contributed by atoms with Gasteiger partial charge in [-0.25, -0.2) is 0 Å². The first-order chi connectivity index (χ1) is 11.8. The summed E-state index contributed by atoms with van der Waals surface area (Å²) < 4.78 is 34.7. The molecule has 1 aromatic carbocycles. The van der Waals surface area contributed by atoms with Crippen LogP contribution in [0.15, 0.2) is 29.2 Å². The van der Waals surface area contributed by atoms with Crippen LogP contribution in [0.3, 0.4) is 0 Å². The van der Waals surface area contributed by atoms with Gasteiger partial charge < -0.3 is 4.74 Å². The first-order valence-electron chi connectivity index (χ1n) is 8.98. The zero-order valence-corrected chi connectivity index (χ0v) is 16.3. The molecule has 0 spiro atoms. The van der Waals surface area contributed by atoms with Crippen LogP contribution in [-0.4, -0.2) is 27.1 Å². The number of unbranched alkanes of at least 4 members (excludes halogenated alkanes) is 5. The van der Waals surface area contributed by atoms with Gasteiger partial charge in [0.15, 0.2) is 0 Å². The Hall–Kier alpha value is -1.40. The third-order valence-electron chi connectivity index (χ3n) is 3.93. The summed E-state index contributed by atoms with van der Waals surface area (Å²) in [4.78, 5) is 11.3. The van der Waals surface area contributed by atoms with Crippen LogP contribution < -0.4 is 0 Å². The Kier molecular flexibility index (Phi) is 9.75. The predicted molar refractivity (Wildman–Crippen MR) is 97.9 cm³/mol. The van der Waals surface area contributed by atoms with Crippen molar-refractivity contribution in [2.45, 2.75) is 76.7 Å². The zero-order valence-electron chi connectivity index (χ0n) is 15.5. The fraction of sp³-hybridized carbons (Fsp3) is 0.632. The van der Waals surface area contributed by atoms with Crippen molar-refractivity contribution in [1.82, 2.24) is 0 Å². The van der Waals surface area contributed by atoms with E-state index in [0.717, 1.165) is 24.8 Å². The van der Waals surface area contributed by atoms with Crippen LogP contribution in [-0.2, 0) is 23.8 Å². The van der Waals surface area contributed by atoms with Crippen LogP contribution in [0.1, 0.15) is 64.4 Å². The average Bonchev–Trinajstić information content (AvgIpc) is 2.55. The third kappa shape index (κ3) is 9.02. The van der Waals surface area contributed by atoms with Crippen LogP contribution in [0.25, 0.3) is 0 Å². The van der Waals surface area contributed by atoms with Crippen LogP contribution in [0.2, 0.25) is 0 Å². The Bertz CT molecular complexity index is 607. The van der Waals surface area contributed by atoms with E-state index in [1.807, 2.05) is 6.92 Å². The number of hydrogen-bond donors (Lipinski definition) is 0. The van der Waals surface area contributed by atoms with Crippen molar-refractivity contribution in [3.8, 4) is 0 Å². The van der Waals surface area contributed by atoms with Crippen molar-refractivity contribution in [3.05, 3.63) is 29.8 Å². The van der Waals surface area contributed by atoms with E-state index in [1.54, 1.807) is 12.1 Å². The molecule has 0 saturated heterocycles. The summed E-state index contributed by atoms with van der Waals surface area (Å²) in [5.41, 5.74) is 0.972. The number of esters is 1. The second-order valence-electron chi connectivity index (χ2n) is 6.34. The molecule has 1 rings (SSSR count). The van der Waals surface area contributed by atoms with Gasteiger partial charge in [-0.1, -0.05) is 56.7 Å². The summed E-state index contributed by atoms with van der Waals surface area (Å²) in [5.74, 6) is -0.424. The number of ether oxygens (including phenoxy) is 1. The summed E-state index contributed by atoms with van der Waals surface area (Å²) in [6, 6.07) is 6.46. The van der Waals surface area contributed by atoms with Crippen molar-refractivity contribution >= 4 is 16.1 Å². The highest BCUT2D eigenvalue weighted by atomic mass is 32.2. The second-order valence-corrected chi connectivity index (χ2v) is 7.95. The molecule has 25 heavy (non-hydrogen) atoms. The molecule has 0 radical (unpaired) electrons. The molecule has 142 valence electrons. The first-order valence-corrected chi connectivity index (χ1v) is 10.4. The lowest BCUT2D eigenvalue weighted by molar-refractivity contribution is -0.148. The van der Waals surface area contributed by atoms with Gasteiger partial charge >= 0.3 is 5.97 Å². The normalized spacial score (nSPS) is 12.8. The summed E-state index contributed by atoms with van der Waals surface area (Å²) in [6.45, 7) is 5.23. The lowest BCUT2D eigenvalue weighted by Crippen LogP contribution is -2.24. The van der Waals surface area contributed by atoms with E-state index >= 15 is 0 Å². The zero-order chi connectivity index (χ0) is 18.7. The minimum atomic E-state index is -3.84. The molecule has 0 amide bonds. The third-order valence-corrected chi connectivity index (χ3v) is 5.23. The molecule has 0 aromatic heterocycles. The van der Waals surface area contributed by atoms with Gasteiger partial charge in [0, 0.05) is 6.92 Å². The molecule has 0 aliphatic rings. The Morgan fingerprint density at radius 3 is 2.24 bits per heavy atom. The van der Waals surface area contributed by atoms with Gasteiger partial charge in [0.2, 0.25) is 0 Å². The number of carbonyl (C=O) groups is 1. The first kappa shape index (κ1) is 21.6. The van der Waals surface area contributed by atoms with Gasteiger partial charge in [-0.05, 0) is 31.9 Å². The smallest absolute Gasteiger partial charge is 0.302 e. The maximum Gasteiger partial charge on any atom is 0.302 e. The average molecular weight is 371 g/mol. The SMILES string of the molecule is CCCCCCCC[C@@H](COS(=O)(=O)c1ccc(C)cc1)OC(C)=O. The monoisotopic (exact) mass is 370 g/mol. The van der Waals surface area contributed by atoms with Crippen LogP contribution in [0, 0.1) is 6.92 Å². The Balaban J connectivity index is 2.51. The summed E-state index contributed by atoms with van der Waals surface area (Å²) in [7, 11) is -3.84. The molecule has 1 atom stereocenters. The standard InChI is InChI=1S/C19H30O5S/c1-4-5-6-7-8-9-10-18(24-17(3)20)15-23-25(21,22)19-13-11-16(2)12-14-19/h11-14,18H,4-10,15H2,1-3H3/t18-/m0/s1. The summed E-state index contributed by atoms with van der Waals surface area (Å²) in [6.07, 6.45) is 6.76. The minimum Gasteiger partial charge on any atom is -0.460 e. The second kappa shape index (κ2) is 11.3. The van der Waals surface area contributed by atoms with Crippen LogP contribution in [0.4, 0.5) is 0 Å². The van der Waals surface area contributed by atoms with Crippen molar-refractivity contribution in [1.29, 1.82) is 0 Å². The number of hydrogen-bond acceptors (Lipinski definition) is 5. The highest BCUT2D eigenvalue weighted by molar-refractivity contribution is 7.86. The molecule has 6 heteroatoms. The molecular formula is C19H30O5S. The minimum absolute atomic E-state index is 0.110. The van der Waals surface area contributed by atoms with Gasteiger partial charge in [-0.2, -0.15) is 8.42 Å². The van der Waals surface area contributed by atoms with E-state index in [2.05, 4.69) is 6.92 Å². The van der Waals surface area contributed by atoms with Crippen molar-refractivity contribution in [2.24, 2.45) is 0 Å². The van der Waals surface area contributed by atoms with Crippen molar-refractivity contribution in [2.75, 3.05) is 6.61 Å². The maximum absolute atomic E-state index is 12.2. The molecule has 0 bridgehead atoms.